The number of rotatable bonds is 2. The number of allylic oxidation sites excluding steroid dienone is 1. The number of carbonyl (C=O) groups is 2. The van der Waals surface area contributed by atoms with E-state index >= 15 is 0 Å². The molecule has 1 saturated carbocycles. The van der Waals surface area contributed by atoms with Gasteiger partial charge in [0.25, 0.3) is 0 Å². The van der Waals surface area contributed by atoms with Gasteiger partial charge < -0.3 is 13.9 Å². The molecule has 5 atom stereocenters. The number of hydrogen-bond donors (Lipinski definition) is 0. The Balaban J connectivity index is 1.68. The van der Waals surface area contributed by atoms with Crippen molar-refractivity contribution in [1.29, 1.82) is 0 Å². The molecule has 0 bridgehead atoms. The van der Waals surface area contributed by atoms with Crippen LogP contribution in [0.2, 0.25) is 0 Å². The second-order valence-corrected chi connectivity index (χ2v) is 7.70. The van der Waals surface area contributed by atoms with Crippen LogP contribution in [-0.4, -0.2) is 24.1 Å². The zero-order valence-electron chi connectivity index (χ0n) is 14.5. The summed E-state index contributed by atoms with van der Waals surface area (Å²) in [5, 5.41) is 0. The van der Waals surface area contributed by atoms with Crippen LogP contribution in [0.25, 0.3) is 0 Å². The Kier molecular flexibility index (Phi) is 3.63. The third-order valence-corrected chi connectivity index (χ3v) is 6.10. The summed E-state index contributed by atoms with van der Waals surface area (Å²) in [6.07, 6.45) is 6.99. The van der Waals surface area contributed by atoms with E-state index in [4.69, 9.17) is 13.9 Å². The van der Waals surface area contributed by atoms with Crippen molar-refractivity contribution in [3.8, 4) is 0 Å². The molecule has 0 radical (unpaired) electrons. The number of fused-ring (bicyclic) bond motifs is 3. The molecule has 4 rings (SSSR count). The summed E-state index contributed by atoms with van der Waals surface area (Å²) in [4.78, 5) is 24.6. The molecular weight excluding hydrogens is 320 g/mol. The molecule has 5 heteroatoms. The summed E-state index contributed by atoms with van der Waals surface area (Å²) >= 11 is 0. The summed E-state index contributed by atoms with van der Waals surface area (Å²) in [6, 6.07) is 1.58. The number of hydrogen-bond acceptors (Lipinski definition) is 5. The van der Waals surface area contributed by atoms with Gasteiger partial charge in [-0.1, -0.05) is 25.2 Å². The zero-order chi connectivity index (χ0) is 17.8. The van der Waals surface area contributed by atoms with Gasteiger partial charge in [-0.05, 0) is 37.7 Å². The minimum absolute atomic E-state index is 0.0633. The maximum atomic E-state index is 12.4. The second-order valence-electron chi connectivity index (χ2n) is 7.70. The van der Waals surface area contributed by atoms with Gasteiger partial charge in [-0.15, -0.1) is 0 Å². The number of ether oxygens (including phenoxy) is 2. The number of carbonyl (C=O) groups excluding carboxylic acids is 2. The normalized spacial score (nSPS) is 37.0. The van der Waals surface area contributed by atoms with Gasteiger partial charge in [0.05, 0.1) is 17.7 Å². The van der Waals surface area contributed by atoms with Crippen LogP contribution < -0.4 is 0 Å². The van der Waals surface area contributed by atoms with Crippen molar-refractivity contribution in [2.75, 3.05) is 0 Å². The van der Waals surface area contributed by atoms with E-state index in [2.05, 4.69) is 26.5 Å². The summed E-state index contributed by atoms with van der Waals surface area (Å²) < 4.78 is 16.5. The first-order chi connectivity index (χ1) is 11.9. The highest BCUT2D eigenvalue weighted by molar-refractivity contribution is 5.92. The highest BCUT2D eigenvalue weighted by Gasteiger charge is 2.59. The maximum Gasteiger partial charge on any atom is 0.341 e. The zero-order valence-corrected chi connectivity index (χ0v) is 14.5. The molecule has 2 heterocycles. The third-order valence-electron chi connectivity index (χ3n) is 6.10. The molecule has 1 aromatic rings. The van der Waals surface area contributed by atoms with Crippen LogP contribution in [0.1, 0.15) is 43.5 Å². The van der Waals surface area contributed by atoms with E-state index in [1.165, 1.54) is 18.1 Å². The van der Waals surface area contributed by atoms with Crippen LogP contribution >= 0.6 is 0 Å². The lowest BCUT2D eigenvalue weighted by Gasteiger charge is -2.51. The molecule has 0 aromatic carbocycles. The van der Waals surface area contributed by atoms with E-state index in [9.17, 15) is 9.59 Å². The molecule has 2 aliphatic carbocycles. The Bertz CT molecular complexity index is 759. The molecule has 0 spiro atoms. The average molecular weight is 342 g/mol. The minimum Gasteiger partial charge on any atom is -0.472 e. The molecule has 0 N–H and O–H groups in total. The highest BCUT2D eigenvalue weighted by Crippen LogP contribution is 2.56. The second kappa shape index (κ2) is 5.61. The Morgan fingerprint density at radius 3 is 2.96 bits per heavy atom. The molecule has 25 heavy (non-hydrogen) atoms. The lowest BCUT2D eigenvalue weighted by atomic mass is 9.55. The van der Waals surface area contributed by atoms with Crippen molar-refractivity contribution in [1.82, 2.24) is 0 Å². The van der Waals surface area contributed by atoms with Crippen molar-refractivity contribution in [2.24, 2.45) is 17.3 Å². The monoisotopic (exact) mass is 342 g/mol. The van der Waals surface area contributed by atoms with E-state index in [1.807, 2.05) is 0 Å². The van der Waals surface area contributed by atoms with Gasteiger partial charge in [0.2, 0.25) is 0 Å². The number of furan rings is 1. The van der Waals surface area contributed by atoms with Crippen molar-refractivity contribution in [2.45, 2.75) is 45.3 Å². The molecule has 1 aromatic heterocycles. The van der Waals surface area contributed by atoms with Crippen LogP contribution in [0.3, 0.4) is 0 Å². The van der Waals surface area contributed by atoms with Crippen molar-refractivity contribution in [3.63, 3.8) is 0 Å². The standard InChI is InChI=1S/C20H22O5/c1-11-5-4-7-20(3)9-14(24-19(22)13-6-8-23-10-13)15-12(2)18(21)25-17(15)16(11)20/h5-6,8,10,14-17H,2,4,7,9H2,1,3H3. The largest absolute Gasteiger partial charge is 0.472 e. The Labute approximate surface area is 146 Å². The van der Waals surface area contributed by atoms with Crippen LogP contribution in [0.5, 0.6) is 0 Å². The van der Waals surface area contributed by atoms with E-state index in [-0.39, 0.29) is 29.3 Å². The van der Waals surface area contributed by atoms with Gasteiger partial charge in [-0.25, -0.2) is 9.59 Å². The summed E-state index contributed by atoms with van der Waals surface area (Å²) in [5.41, 5.74) is 1.98. The quantitative estimate of drug-likeness (QED) is 0.466. The van der Waals surface area contributed by atoms with E-state index in [0.29, 0.717) is 17.6 Å². The first-order valence-corrected chi connectivity index (χ1v) is 8.70. The smallest absolute Gasteiger partial charge is 0.341 e. The maximum absolute atomic E-state index is 12.4. The molecule has 132 valence electrons. The van der Waals surface area contributed by atoms with Gasteiger partial charge in [-0.3, -0.25) is 0 Å². The molecule has 5 nitrogen and oxygen atoms in total. The average Bonchev–Trinajstić information content (AvgIpc) is 3.16. The first-order valence-electron chi connectivity index (χ1n) is 8.70. The fourth-order valence-electron chi connectivity index (χ4n) is 4.95. The fraction of sp³-hybridized carbons (Fsp3) is 0.500. The highest BCUT2D eigenvalue weighted by atomic mass is 16.6. The van der Waals surface area contributed by atoms with Crippen molar-refractivity contribution < 1.29 is 23.5 Å². The minimum atomic E-state index is -0.435. The van der Waals surface area contributed by atoms with Crippen molar-refractivity contribution in [3.05, 3.63) is 48.0 Å². The SMILES string of the molecule is C=C1C(=O)OC2C1C(OC(=O)c1ccoc1)CC1(C)CCC=C(C)C21. The number of esters is 2. The van der Waals surface area contributed by atoms with Gasteiger partial charge >= 0.3 is 11.9 Å². The molecule has 3 aliphatic rings. The molecule has 5 unspecified atom stereocenters. The molecule has 1 saturated heterocycles. The van der Waals surface area contributed by atoms with Crippen LogP contribution in [-0.2, 0) is 14.3 Å². The van der Waals surface area contributed by atoms with Gasteiger partial charge in [-0.2, -0.15) is 0 Å². The van der Waals surface area contributed by atoms with Crippen LogP contribution in [0, 0.1) is 17.3 Å². The topological polar surface area (TPSA) is 65.7 Å². The molecule has 2 fully saturated rings. The summed E-state index contributed by atoms with van der Waals surface area (Å²) in [6.45, 7) is 8.23. The van der Waals surface area contributed by atoms with E-state index in [1.54, 1.807) is 6.07 Å². The Hall–Kier alpha value is -2.30. The van der Waals surface area contributed by atoms with Crippen LogP contribution in [0.15, 0.2) is 46.8 Å². The lowest BCUT2D eigenvalue weighted by molar-refractivity contribution is -0.148. The molecule has 1 aliphatic heterocycles. The van der Waals surface area contributed by atoms with Gasteiger partial charge in [0.15, 0.2) is 0 Å². The Morgan fingerprint density at radius 2 is 2.24 bits per heavy atom. The fourth-order valence-corrected chi connectivity index (χ4v) is 4.95. The van der Waals surface area contributed by atoms with Gasteiger partial charge in [0, 0.05) is 11.5 Å². The Morgan fingerprint density at radius 1 is 1.44 bits per heavy atom. The molecule has 0 amide bonds. The predicted octanol–water partition coefficient (Wildman–Crippen LogP) is 3.67. The third kappa shape index (κ3) is 2.44. The molecular formula is C20H22O5. The van der Waals surface area contributed by atoms with E-state index in [0.717, 1.165) is 12.8 Å². The van der Waals surface area contributed by atoms with Crippen molar-refractivity contribution >= 4 is 11.9 Å². The summed E-state index contributed by atoms with van der Waals surface area (Å²) in [5.74, 6) is -0.946. The predicted molar refractivity (Wildman–Crippen MR) is 89.6 cm³/mol. The van der Waals surface area contributed by atoms with Gasteiger partial charge in [0.1, 0.15) is 18.5 Å². The van der Waals surface area contributed by atoms with E-state index < -0.39 is 12.1 Å². The summed E-state index contributed by atoms with van der Waals surface area (Å²) in [7, 11) is 0. The lowest BCUT2D eigenvalue weighted by Crippen LogP contribution is -2.52. The van der Waals surface area contributed by atoms with Crippen LogP contribution in [0.4, 0.5) is 0 Å². The first kappa shape index (κ1) is 16.2.